The number of nitrogens with zero attached hydrogens (tertiary/aromatic N) is 1. The van der Waals surface area contributed by atoms with Gasteiger partial charge in [-0.2, -0.15) is 0 Å². The van der Waals surface area contributed by atoms with Gasteiger partial charge in [-0.25, -0.2) is 10.8 Å². The van der Waals surface area contributed by atoms with Crippen molar-refractivity contribution in [3.63, 3.8) is 0 Å². The van der Waals surface area contributed by atoms with Crippen molar-refractivity contribution < 1.29 is 9.53 Å². The van der Waals surface area contributed by atoms with E-state index in [1.807, 2.05) is 0 Å². The molecule has 2 rings (SSSR count). The van der Waals surface area contributed by atoms with E-state index in [1.54, 1.807) is 18.5 Å². The maximum atomic E-state index is 11.4. The number of pyridine rings is 1. The highest BCUT2D eigenvalue weighted by atomic mass is 16.5. The third kappa shape index (κ3) is 1.40. The number of hydrogen-bond acceptors (Lipinski definition) is 4. The number of amides is 1. The van der Waals surface area contributed by atoms with Gasteiger partial charge in [0.1, 0.15) is 5.52 Å². The van der Waals surface area contributed by atoms with Crippen LogP contribution in [-0.2, 0) is 0 Å². The molecule has 15 heavy (non-hydrogen) atoms. The van der Waals surface area contributed by atoms with Gasteiger partial charge >= 0.3 is 0 Å². The molecule has 0 aliphatic heterocycles. The van der Waals surface area contributed by atoms with E-state index in [1.165, 1.54) is 7.11 Å². The summed E-state index contributed by atoms with van der Waals surface area (Å²) in [6.07, 6.45) is 3.14. The molecule has 0 radical (unpaired) electrons. The number of methoxy groups -OCH3 is 1. The summed E-state index contributed by atoms with van der Waals surface area (Å²) in [5.74, 6) is 5.16. The van der Waals surface area contributed by atoms with Crippen LogP contribution in [0.25, 0.3) is 10.9 Å². The molecule has 0 fully saturated rings. The number of hydrogen-bond donors (Lipinski definition) is 3. The molecule has 6 nitrogen and oxygen atoms in total. The summed E-state index contributed by atoms with van der Waals surface area (Å²) in [4.78, 5) is 18.3. The van der Waals surface area contributed by atoms with Gasteiger partial charge in [0.25, 0.3) is 5.91 Å². The summed E-state index contributed by atoms with van der Waals surface area (Å²) in [7, 11) is 1.52. The van der Waals surface area contributed by atoms with E-state index in [0.29, 0.717) is 17.0 Å². The SMILES string of the molecule is COc1nccc2c(C(=O)NN)c[nH]c12. The van der Waals surface area contributed by atoms with Crippen LogP contribution in [0.2, 0.25) is 0 Å². The van der Waals surface area contributed by atoms with Gasteiger partial charge in [-0.3, -0.25) is 10.2 Å². The number of fused-ring (bicyclic) bond motifs is 1. The number of carbonyl (C=O) groups excluding carboxylic acids is 1. The number of carbonyl (C=O) groups is 1. The van der Waals surface area contributed by atoms with Crippen LogP contribution in [0.15, 0.2) is 18.5 Å². The van der Waals surface area contributed by atoms with Gasteiger partial charge in [0.15, 0.2) is 0 Å². The first kappa shape index (κ1) is 9.47. The summed E-state index contributed by atoms with van der Waals surface area (Å²) in [5.41, 5.74) is 3.22. The maximum Gasteiger partial charge on any atom is 0.267 e. The van der Waals surface area contributed by atoms with E-state index in [0.717, 1.165) is 5.39 Å². The molecule has 0 atom stereocenters. The molecule has 0 saturated carbocycles. The molecule has 2 aromatic heterocycles. The second-order valence-electron chi connectivity index (χ2n) is 2.92. The Labute approximate surface area is 85.4 Å². The average molecular weight is 206 g/mol. The van der Waals surface area contributed by atoms with Crippen molar-refractivity contribution >= 4 is 16.8 Å². The van der Waals surface area contributed by atoms with Gasteiger partial charge in [0.05, 0.1) is 12.7 Å². The Morgan fingerprint density at radius 2 is 2.47 bits per heavy atom. The van der Waals surface area contributed by atoms with Crippen molar-refractivity contribution in [2.24, 2.45) is 5.84 Å². The Hall–Kier alpha value is -2.08. The molecule has 1 amide bonds. The quantitative estimate of drug-likeness (QED) is 0.371. The summed E-state index contributed by atoms with van der Waals surface area (Å²) in [6.45, 7) is 0. The van der Waals surface area contributed by atoms with Crippen LogP contribution < -0.4 is 16.0 Å². The first-order chi connectivity index (χ1) is 7.27. The lowest BCUT2D eigenvalue weighted by molar-refractivity contribution is 0.0955. The smallest absolute Gasteiger partial charge is 0.267 e. The van der Waals surface area contributed by atoms with Crippen molar-refractivity contribution in [3.8, 4) is 5.88 Å². The first-order valence-electron chi connectivity index (χ1n) is 4.29. The van der Waals surface area contributed by atoms with Crippen LogP contribution >= 0.6 is 0 Å². The van der Waals surface area contributed by atoms with E-state index in [2.05, 4.69) is 15.4 Å². The molecule has 0 spiro atoms. The normalized spacial score (nSPS) is 10.3. The van der Waals surface area contributed by atoms with Crippen molar-refractivity contribution in [2.75, 3.05) is 7.11 Å². The van der Waals surface area contributed by atoms with Crippen LogP contribution in [0.3, 0.4) is 0 Å². The number of aromatic nitrogens is 2. The fourth-order valence-electron chi connectivity index (χ4n) is 1.45. The van der Waals surface area contributed by atoms with Crippen molar-refractivity contribution in [1.29, 1.82) is 0 Å². The van der Waals surface area contributed by atoms with Crippen LogP contribution in [0.4, 0.5) is 0 Å². The number of H-pyrrole nitrogens is 1. The molecular weight excluding hydrogens is 196 g/mol. The van der Waals surface area contributed by atoms with Gasteiger partial charge in [0, 0.05) is 17.8 Å². The molecule has 6 heteroatoms. The Morgan fingerprint density at radius 1 is 1.67 bits per heavy atom. The molecule has 78 valence electrons. The fourth-order valence-corrected chi connectivity index (χ4v) is 1.45. The number of aromatic amines is 1. The van der Waals surface area contributed by atoms with E-state index in [4.69, 9.17) is 10.6 Å². The average Bonchev–Trinajstić information content (AvgIpc) is 2.71. The number of nitrogens with two attached hydrogens (primary N) is 1. The zero-order chi connectivity index (χ0) is 10.8. The summed E-state index contributed by atoms with van der Waals surface area (Å²) < 4.78 is 5.05. The third-order valence-corrected chi connectivity index (χ3v) is 2.14. The monoisotopic (exact) mass is 206 g/mol. The molecule has 0 aliphatic carbocycles. The maximum absolute atomic E-state index is 11.4. The predicted molar refractivity (Wildman–Crippen MR) is 54.3 cm³/mol. The van der Waals surface area contributed by atoms with Crippen LogP contribution in [0.5, 0.6) is 5.88 Å². The molecular formula is C9H10N4O2. The number of nitrogen functional groups attached to an aromatic ring is 1. The lowest BCUT2D eigenvalue weighted by Gasteiger charge is -2.00. The van der Waals surface area contributed by atoms with Crippen LogP contribution in [-0.4, -0.2) is 23.0 Å². The molecule has 0 bridgehead atoms. The number of rotatable bonds is 2. The Kier molecular flexibility index (Phi) is 2.26. The highest BCUT2D eigenvalue weighted by molar-refractivity contribution is 6.07. The molecule has 0 aliphatic rings. The van der Waals surface area contributed by atoms with Gasteiger partial charge in [-0.1, -0.05) is 0 Å². The second-order valence-corrected chi connectivity index (χ2v) is 2.92. The predicted octanol–water partition coefficient (Wildman–Crippen LogP) is 0.175. The van der Waals surface area contributed by atoms with Gasteiger partial charge < -0.3 is 9.72 Å². The topological polar surface area (TPSA) is 93.0 Å². The summed E-state index contributed by atoms with van der Waals surface area (Å²) in [6, 6.07) is 1.72. The lowest BCUT2D eigenvalue weighted by Crippen LogP contribution is -2.29. The minimum Gasteiger partial charge on any atom is -0.479 e. The van der Waals surface area contributed by atoms with E-state index in [-0.39, 0.29) is 5.91 Å². The number of ether oxygens (including phenoxy) is 1. The first-order valence-corrected chi connectivity index (χ1v) is 4.29. The Balaban J connectivity index is 2.66. The molecule has 0 aromatic carbocycles. The van der Waals surface area contributed by atoms with Crippen LogP contribution in [0, 0.1) is 0 Å². The van der Waals surface area contributed by atoms with Gasteiger partial charge in [0.2, 0.25) is 5.88 Å². The van der Waals surface area contributed by atoms with Crippen molar-refractivity contribution in [1.82, 2.24) is 15.4 Å². The van der Waals surface area contributed by atoms with Gasteiger partial charge in [-0.15, -0.1) is 0 Å². The molecule has 2 heterocycles. The number of hydrazine groups is 1. The Morgan fingerprint density at radius 3 is 3.13 bits per heavy atom. The number of nitrogens with one attached hydrogen (secondary N) is 2. The third-order valence-electron chi connectivity index (χ3n) is 2.14. The minimum atomic E-state index is -0.352. The molecule has 0 unspecified atom stereocenters. The summed E-state index contributed by atoms with van der Waals surface area (Å²) in [5, 5.41) is 0.727. The van der Waals surface area contributed by atoms with Gasteiger partial charge in [-0.05, 0) is 6.07 Å². The highest BCUT2D eigenvalue weighted by Gasteiger charge is 2.13. The Bertz CT molecular complexity index is 506. The van der Waals surface area contributed by atoms with Crippen LogP contribution in [0.1, 0.15) is 10.4 Å². The van der Waals surface area contributed by atoms with E-state index >= 15 is 0 Å². The van der Waals surface area contributed by atoms with E-state index in [9.17, 15) is 4.79 Å². The second kappa shape index (κ2) is 3.58. The standard InChI is InChI=1S/C9H10N4O2/c1-15-9-7-5(2-3-11-9)6(4-12-7)8(14)13-10/h2-4,12H,10H2,1H3,(H,13,14). The van der Waals surface area contributed by atoms with Crippen molar-refractivity contribution in [3.05, 3.63) is 24.0 Å². The zero-order valence-corrected chi connectivity index (χ0v) is 8.07. The fraction of sp³-hybridized carbons (Fsp3) is 0.111. The largest absolute Gasteiger partial charge is 0.479 e. The minimum absolute atomic E-state index is 0.352. The van der Waals surface area contributed by atoms with Crippen molar-refractivity contribution in [2.45, 2.75) is 0 Å². The zero-order valence-electron chi connectivity index (χ0n) is 8.07. The molecule has 4 N–H and O–H groups in total. The van der Waals surface area contributed by atoms with E-state index < -0.39 is 0 Å². The summed E-state index contributed by atoms with van der Waals surface area (Å²) >= 11 is 0. The lowest BCUT2D eigenvalue weighted by atomic mass is 10.2. The highest BCUT2D eigenvalue weighted by Crippen LogP contribution is 2.24. The molecule has 2 aromatic rings. The molecule has 0 saturated heterocycles.